The van der Waals surface area contributed by atoms with E-state index in [1.807, 2.05) is 0 Å². The Kier molecular flexibility index (Phi) is 12.4. The standard InChI is InChI=1S/C14H26NO6/c1-15-12-14-13-20-9-8-18-5-4-16-2-3-17-6-7-19-10-11-21-14/h1,14H,2-13H2/q+1. The minimum absolute atomic E-state index is 0.155. The fraction of sp³-hybridized carbons (Fsp3) is 0.929. The third-order valence-electron chi connectivity index (χ3n) is 2.68. The van der Waals surface area contributed by atoms with Crippen molar-refractivity contribution in [3.8, 4) is 6.57 Å². The molecule has 0 radical (unpaired) electrons. The Morgan fingerprint density at radius 3 is 1.57 bits per heavy atom. The second-order valence-electron chi connectivity index (χ2n) is 4.38. The van der Waals surface area contributed by atoms with E-state index in [-0.39, 0.29) is 6.10 Å². The van der Waals surface area contributed by atoms with Crippen LogP contribution in [-0.4, -0.2) is 85.3 Å². The van der Waals surface area contributed by atoms with E-state index >= 15 is 0 Å². The zero-order valence-electron chi connectivity index (χ0n) is 12.5. The van der Waals surface area contributed by atoms with Crippen molar-refractivity contribution >= 4 is 0 Å². The normalized spacial score (nSPS) is 25.4. The summed E-state index contributed by atoms with van der Waals surface area (Å²) in [5.41, 5.74) is 0. The predicted octanol–water partition coefficient (Wildman–Crippen LogP) is 0.431. The fourth-order valence-electron chi connectivity index (χ4n) is 1.64. The first-order valence-electron chi connectivity index (χ1n) is 7.30. The maximum Gasteiger partial charge on any atom is 0.291 e. The van der Waals surface area contributed by atoms with Crippen LogP contribution in [-0.2, 0) is 28.4 Å². The van der Waals surface area contributed by atoms with Crippen molar-refractivity contribution in [1.29, 1.82) is 0 Å². The van der Waals surface area contributed by atoms with Crippen LogP contribution in [0.1, 0.15) is 0 Å². The fourth-order valence-corrected chi connectivity index (χ4v) is 1.64. The van der Waals surface area contributed by atoms with E-state index in [1.54, 1.807) is 0 Å². The lowest BCUT2D eigenvalue weighted by atomic mass is 10.4. The van der Waals surface area contributed by atoms with Gasteiger partial charge in [0.05, 0.1) is 72.7 Å². The molecule has 0 bridgehead atoms. The highest BCUT2D eigenvalue weighted by Crippen LogP contribution is 1.96. The van der Waals surface area contributed by atoms with Gasteiger partial charge in [0, 0.05) is 0 Å². The maximum atomic E-state index is 5.60. The summed E-state index contributed by atoms with van der Waals surface area (Å²) in [7, 11) is 0. The Balaban J connectivity index is 2.20. The van der Waals surface area contributed by atoms with E-state index in [0.717, 1.165) is 0 Å². The van der Waals surface area contributed by atoms with Crippen molar-refractivity contribution in [3.05, 3.63) is 4.85 Å². The molecular formula is C14H26NO6+. The summed E-state index contributed by atoms with van der Waals surface area (Å²) in [6, 6.07) is 0. The van der Waals surface area contributed by atoms with Crippen LogP contribution in [0.15, 0.2) is 0 Å². The molecule has 1 unspecified atom stereocenters. The first-order valence-corrected chi connectivity index (χ1v) is 7.30. The van der Waals surface area contributed by atoms with Gasteiger partial charge in [0.1, 0.15) is 0 Å². The van der Waals surface area contributed by atoms with Crippen LogP contribution in [0.3, 0.4) is 0 Å². The van der Waals surface area contributed by atoms with Gasteiger partial charge in [-0.15, -0.1) is 0 Å². The number of hydrogen-bond donors (Lipinski definition) is 0. The van der Waals surface area contributed by atoms with E-state index in [9.17, 15) is 0 Å². The van der Waals surface area contributed by atoms with Gasteiger partial charge in [-0.05, 0) is 0 Å². The van der Waals surface area contributed by atoms with Crippen LogP contribution in [0.25, 0.3) is 4.85 Å². The average molecular weight is 304 g/mol. The second kappa shape index (κ2) is 14.2. The summed E-state index contributed by atoms with van der Waals surface area (Å²) in [5, 5.41) is 0. The summed E-state index contributed by atoms with van der Waals surface area (Å²) in [6.45, 7) is 11.3. The molecule has 0 aromatic heterocycles. The lowest BCUT2D eigenvalue weighted by Crippen LogP contribution is -2.26. The third kappa shape index (κ3) is 11.6. The topological polar surface area (TPSA) is 59.7 Å². The highest BCUT2D eigenvalue weighted by molar-refractivity contribution is 4.74. The molecule has 7 heteroatoms. The Labute approximate surface area is 126 Å². The van der Waals surface area contributed by atoms with Crippen molar-refractivity contribution in [2.75, 3.05) is 79.2 Å². The van der Waals surface area contributed by atoms with Gasteiger partial charge in [-0.25, -0.2) is 0 Å². The molecule has 0 N–H and O–H groups in total. The van der Waals surface area contributed by atoms with Crippen LogP contribution in [0, 0.1) is 6.57 Å². The van der Waals surface area contributed by atoms with Gasteiger partial charge in [-0.3, -0.25) is 0 Å². The molecule has 0 aromatic rings. The van der Waals surface area contributed by atoms with Crippen LogP contribution >= 0.6 is 0 Å². The molecule has 0 aliphatic carbocycles. The molecule has 1 aliphatic heterocycles. The van der Waals surface area contributed by atoms with Crippen LogP contribution < -0.4 is 0 Å². The minimum atomic E-state index is -0.155. The van der Waals surface area contributed by atoms with Crippen molar-refractivity contribution < 1.29 is 28.4 Å². The van der Waals surface area contributed by atoms with E-state index in [0.29, 0.717) is 79.2 Å². The Hall–Kier alpha value is -0.750. The Morgan fingerprint density at radius 2 is 1.10 bits per heavy atom. The summed E-state index contributed by atoms with van der Waals surface area (Å²) >= 11 is 0. The molecule has 1 heterocycles. The molecule has 1 saturated heterocycles. The number of ether oxygens (including phenoxy) is 6. The highest BCUT2D eigenvalue weighted by atomic mass is 16.6. The molecule has 122 valence electrons. The van der Waals surface area contributed by atoms with Crippen molar-refractivity contribution in [2.45, 2.75) is 6.10 Å². The van der Waals surface area contributed by atoms with Crippen LogP contribution in [0.2, 0.25) is 0 Å². The average Bonchev–Trinajstić information content (AvgIpc) is 2.49. The zero-order valence-corrected chi connectivity index (χ0v) is 12.5. The molecule has 0 spiro atoms. The Morgan fingerprint density at radius 1 is 0.667 bits per heavy atom. The zero-order chi connectivity index (χ0) is 15.0. The van der Waals surface area contributed by atoms with Gasteiger partial charge in [0.25, 0.3) is 13.1 Å². The minimum Gasteiger partial charge on any atom is -0.377 e. The van der Waals surface area contributed by atoms with Gasteiger partial charge < -0.3 is 28.4 Å². The number of hydrogen-bond acceptors (Lipinski definition) is 6. The van der Waals surface area contributed by atoms with Crippen LogP contribution in [0.4, 0.5) is 0 Å². The summed E-state index contributed by atoms with van der Waals surface area (Å²) < 4.78 is 32.6. The molecule has 1 aliphatic rings. The van der Waals surface area contributed by atoms with Gasteiger partial charge in [0.2, 0.25) is 0 Å². The van der Waals surface area contributed by atoms with E-state index in [4.69, 9.17) is 35.0 Å². The smallest absolute Gasteiger partial charge is 0.291 e. The molecule has 0 aromatic carbocycles. The van der Waals surface area contributed by atoms with Gasteiger partial charge >= 0.3 is 0 Å². The third-order valence-corrected chi connectivity index (χ3v) is 2.68. The first kappa shape index (κ1) is 18.3. The molecule has 21 heavy (non-hydrogen) atoms. The van der Waals surface area contributed by atoms with Crippen molar-refractivity contribution in [2.24, 2.45) is 0 Å². The quantitative estimate of drug-likeness (QED) is 0.700. The van der Waals surface area contributed by atoms with Gasteiger partial charge in [-0.1, -0.05) is 4.85 Å². The number of rotatable bonds is 1. The SMILES string of the molecule is C#[N+]CC1COCCOCCOCCOCCOCCO1. The molecule has 1 atom stereocenters. The predicted molar refractivity (Wildman–Crippen MR) is 77.0 cm³/mol. The van der Waals surface area contributed by atoms with Gasteiger partial charge in [-0.2, -0.15) is 0 Å². The van der Waals surface area contributed by atoms with Crippen molar-refractivity contribution in [1.82, 2.24) is 0 Å². The summed E-state index contributed by atoms with van der Waals surface area (Å²) in [6.07, 6.45) is -0.155. The lowest BCUT2D eigenvalue weighted by Gasteiger charge is -2.13. The molecule has 1 fully saturated rings. The van der Waals surface area contributed by atoms with Gasteiger partial charge in [0.15, 0.2) is 6.10 Å². The lowest BCUT2D eigenvalue weighted by molar-refractivity contribution is -0.0556. The largest absolute Gasteiger partial charge is 0.377 e. The molecule has 0 saturated carbocycles. The monoisotopic (exact) mass is 304 g/mol. The maximum absolute atomic E-state index is 5.60. The molecule has 0 amide bonds. The van der Waals surface area contributed by atoms with E-state index < -0.39 is 0 Å². The van der Waals surface area contributed by atoms with Crippen molar-refractivity contribution in [3.63, 3.8) is 0 Å². The van der Waals surface area contributed by atoms with E-state index in [2.05, 4.69) is 4.85 Å². The number of nitrogens with zero attached hydrogens (tertiary/aromatic N) is 1. The molecule has 7 nitrogen and oxygen atoms in total. The Bertz CT molecular complexity index is 253. The highest BCUT2D eigenvalue weighted by Gasteiger charge is 2.14. The summed E-state index contributed by atoms with van der Waals surface area (Å²) in [4.78, 5) is 3.60. The molecular weight excluding hydrogens is 278 g/mol. The second-order valence-corrected chi connectivity index (χ2v) is 4.38. The first-order chi connectivity index (χ1) is 10.4. The van der Waals surface area contributed by atoms with Crippen LogP contribution in [0.5, 0.6) is 0 Å². The molecule has 1 rings (SSSR count). The van der Waals surface area contributed by atoms with E-state index in [1.165, 1.54) is 0 Å². The summed E-state index contributed by atoms with van der Waals surface area (Å²) in [5.74, 6) is 0.